The van der Waals surface area contributed by atoms with Crippen molar-refractivity contribution in [3.63, 3.8) is 0 Å². The first-order chi connectivity index (χ1) is 12.5. The van der Waals surface area contributed by atoms with Crippen LogP contribution in [0.15, 0.2) is 42.5 Å². The van der Waals surface area contributed by atoms with Crippen molar-refractivity contribution in [3.05, 3.63) is 53.7 Å². The zero-order valence-corrected chi connectivity index (χ0v) is 16.3. The van der Waals surface area contributed by atoms with Crippen LogP contribution >= 0.6 is 0 Å². The third-order valence-corrected chi connectivity index (χ3v) is 5.48. The summed E-state index contributed by atoms with van der Waals surface area (Å²) in [5.74, 6) is 0.0811. The van der Waals surface area contributed by atoms with E-state index in [0.29, 0.717) is 17.6 Å². The Morgan fingerprint density at radius 2 is 1.77 bits per heavy atom. The molecule has 4 nitrogen and oxygen atoms in total. The van der Waals surface area contributed by atoms with Crippen molar-refractivity contribution in [2.24, 2.45) is 0 Å². The maximum absolute atomic E-state index is 13.0. The van der Waals surface area contributed by atoms with E-state index in [2.05, 4.69) is 23.7 Å². The van der Waals surface area contributed by atoms with E-state index in [9.17, 15) is 4.79 Å². The molecule has 0 bridgehead atoms. The van der Waals surface area contributed by atoms with Crippen molar-refractivity contribution in [2.75, 3.05) is 20.1 Å². The van der Waals surface area contributed by atoms with Gasteiger partial charge in [-0.15, -0.1) is 0 Å². The summed E-state index contributed by atoms with van der Waals surface area (Å²) in [5.41, 5.74) is 3.48. The van der Waals surface area contributed by atoms with E-state index in [-0.39, 0.29) is 5.91 Å². The number of piperidine rings is 1. The smallest absolute Gasteiger partial charge is 0.255 e. The van der Waals surface area contributed by atoms with Gasteiger partial charge in [0.15, 0.2) is 0 Å². The zero-order valence-electron chi connectivity index (χ0n) is 16.3. The van der Waals surface area contributed by atoms with Gasteiger partial charge >= 0.3 is 0 Å². The Morgan fingerprint density at radius 3 is 2.35 bits per heavy atom. The van der Waals surface area contributed by atoms with Gasteiger partial charge in [-0.3, -0.25) is 9.78 Å². The van der Waals surface area contributed by atoms with Crippen LogP contribution in [0.4, 0.5) is 0 Å². The number of amides is 1. The molecule has 3 rings (SSSR count). The monoisotopic (exact) mass is 351 g/mol. The van der Waals surface area contributed by atoms with Gasteiger partial charge < -0.3 is 9.80 Å². The summed E-state index contributed by atoms with van der Waals surface area (Å²) < 4.78 is 0. The lowest BCUT2D eigenvalue weighted by molar-refractivity contribution is 0.0614. The molecule has 0 atom stereocenters. The van der Waals surface area contributed by atoms with Gasteiger partial charge in [-0.05, 0) is 45.7 Å². The van der Waals surface area contributed by atoms with E-state index in [1.54, 1.807) is 0 Å². The molecule has 26 heavy (non-hydrogen) atoms. The largest absolute Gasteiger partial charge is 0.339 e. The summed E-state index contributed by atoms with van der Waals surface area (Å²) in [5, 5.41) is 0. The lowest BCUT2D eigenvalue weighted by Gasteiger charge is -2.38. The molecule has 4 heteroatoms. The van der Waals surface area contributed by atoms with Crippen molar-refractivity contribution in [1.82, 2.24) is 14.8 Å². The van der Waals surface area contributed by atoms with E-state index in [0.717, 1.165) is 42.9 Å². The highest BCUT2D eigenvalue weighted by Crippen LogP contribution is 2.22. The lowest BCUT2D eigenvalue weighted by atomic mass is 10.0. The second-order valence-electron chi connectivity index (χ2n) is 7.47. The number of carbonyl (C=O) groups is 1. The second kappa shape index (κ2) is 8.00. The van der Waals surface area contributed by atoms with Crippen LogP contribution in [0, 0.1) is 6.92 Å². The standard InChI is InChI=1S/C22H29N3O/c1-16(2)25-14-12-19(13-15-25)24(4)22(26)20-10-11-21(23-17(20)3)18-8-6-5-7-9-18/h5-11,16,19H,12-15H2,1-4H3. The first kappa shape index (κ1) is 18.6. The van der Waals surface area contributed by atoms with Crippen LogP contribution in [-0.2, 0) is 0 Å². The predicted molar refractivity (Wildman–Crippen MR) is 106 cm³/mol. The van der Waals surface area contributed by atoms with Gasteiger partial charge in [-0.2, -0.15) is 0 Å². The number of hydrogen-bond donors (Lipinski definition) is 0. The highest BCUT2D eigenvalue weighted by molar-refractivity contribution is 5.95. The molecule has 0 N–H and O–H groups in total. The molecule has 1 amide bonds. The predicted octanol–water partition coefficient (Wildman–Crippen LogP) is 4.00. The van der Waals surface area contributed by atoms with Gasteiger partial charge in [0.2, 0.25) is 0 Å². The van der Waals surface area contributed by atoms with Crippen LogP contribution in [0.25, 0.3) is 11.3 Å². The average Bonchev–Trinajstić information content (AvgIpc) is 2.67. The molecular formula is C22H29N3O. The van der Waals surface area contributed by atoms with Crippen LogP contribution in [0.3, 0.4) is 0 Å². The average molecular weight is 351 g/mol. The minimum absolute atomic E-state index is 0.0811. The number of aromatic nitrogens is 1. The van der Waals surface area contributed by atoms with Gasteiger partial charge in [0.05, 0.1) is 17.0 Å². The van der Waals surface area contributed by atoms with Crippen molar-refractivity contribution < 1.29 is 4.79 Å². The first-order valence-corrected chi connectivity index (χ1v) is 9.51. The minimum Gasteiger partial charge on any atom is -0.339 e. The van der Waals surface area contributed by atoms with Gasteiger partial charge in [-0.1, -0.05) is 30.3 Å². The molecule has 1 saturated heterocycles. The first-order valence-electron chi connectivity index (χ1n) is 9.51. The maximum atomic E-state index is 13.0. The molecule has 2 heterocycles. The molecule has 138 valence electrons. The van der Waals surface area contributed by atoms with Crippen molar-refractivity contribution >= 4 is 5.91 Å². The third-order valence-electron chi connectivity index (χ3n) is 5.48. The topological polar surface area (TPSA) is 36.4 Å². The molecule has 1 fully saturated rings. The molecular weight excluding hydrogens is 322 g/mol. The second-order valence-corrected chi connectivity index (χ2v) is 7.47. The van der Waals surface area contributed by atoms with Crippen molar-refractivity contribution in [3.8, 4) is 11.3 Å². The Balaban J connectivity index is 1.71. The normalized spacial score (nSPS) is 16.0. The lowest BCUT2D eigenvalue weighted by Crippen LogP contribution is -2.47. The molecule has 1 aromatic heterocycles. The Labute approximate surface area is 156 Å². The molecule has 0 aliphatic carbocycles. The molecule has 0 saturated carbocycles. The number of benzene rings is 1. The third kappa shape index (κ3) is 3.96. The SMILES string of the molecule is Cc1nc(-c2ccccc2)ccc1C(=O)N(C)C1CCN(C(C)C)CC1. The summed E-state index contributed by atoms with van der Waals surface area (Å²) in [4.78, 5) is 22.1. The summed E-state index contributed by atoms with van der Waals surface area (Å²) >= 11 is 0. The maximum Gasteiger partial charge on any atom is 0.255 e. The van der Waals surface area contributed by atoms with Gasteiger partial charge in [0, 0.05) is 37.8 Å². The van der Waals surface area contributed by atoms with E-state index >= 15 is 0 Å². The number of carbonyl (C=O) groups excluding carboxylic acids is 1. The molecule has 0 spiro atoms. The van der Waals surface area contributed by atoms with Crippen LogP contribution in [0.2, 0.25) is 0 Å². The van der Waals surface area contributed by atoms with Gasteiger partial charge in [0.1, 0.15) is 0 Å². The van der Waals surface area contributed by atoms with E-state index < -0.39 is 0 Å². The van der Waals surface area contributed by atoms with E-state index in [1.807, 2.05) is 61.3 Å². The molecule has 0 radical (unpaired) electrons. The number of hydrogen-bond acceptors (Lipinski definition) is 3. The number of rotatable bonds is 4. The minimum atomic E-state index is 0.0811. The molecule has 1 aliphatic rings. The highest BCUT2D eigenvalue weighted by Gasteiger charge is 2.27. The Bertz CT molecular complexity index is 749. The number of aryl methyl sites for hydroxylation is 1. The number of likely N-dealkylation sites (tertiary alicyclic amines) is 1. The summed E-state index contributed by atoms with van der Waals surface area (Å²) in [7, 11) is 1.93. The fourth-order valence-corrected chi connectivity index (χ4v) is 3.70. The number of pyridine rings is 1. The van der Waals surface area contributed by atoms with Crippen LogP contribution < -0.4 is 0 Å². The van der Waals surface area contributed by atoms with Crippen LogP contribution in [-0.4, -0.2) is 52.9 Å². The fraction of sp³-hybridized carbons (Fsp3) is 0.455. The fourth-order valence-electron chi connectivity index (χ4n) is 3.70. The Kier molecular flexibility index (Phi) is 5.72. The van der Waals surface area contributed by atoms with E-state index in [1.165, 1.54) is 0 Å². The van der Waals surface area contributed by atoms with E-state index in [4.69, 9.17) is 0 Å². The zero-order chi connectivity index (χ0) is 18.7. The highest BCUT2D eigenvalue weighted by atomic mass is 16.2. The summed E-state index contributed by atoms with van der Waals surface area (Å²) in [6.45, 7) is 8.51. The van der Waals surface area contributed by atoms with Crippen molar-refractivity contribution in [2.45, 2.75) is 45.7 Å². The Hall–Kier alpha value is -2.20. The molecule has 2 aromatic rings. The van der Waals surface area contributed by atoms with Gasteiger partial charge in [-0.25, -0.2) is 0 Å². The molecule has 0 unspecified atom stereocenters. The van der Waals surface area contributed by atoms with Crippen molar-refractivity contribution in [1.29, 1.82) is 0 Å². The number of nitrogens with zero attached hydrogens (tertiary/aromatic N) is 3. The molecule has 1 aliphatic heterocycles. The summed E-state index contributed by atoms with van der Waals surface area (Å²) in [6, 6.07) is 14.8. The summed E-state index contributed by atoms with van der Waals surface area (Å²) in [6.07, 6.45) is 2.07. The van der Waals surface area contributed by atoms with Crippen LogP contribution in [0.5, 0.6) is 0 Å². The quantitative estimate of drug-likeness (QED) is 0.835. The molecule has 1 aromatic carbocycles. The van der Waals surface area contributed by atoms with Gasteiger partial charge in [0.25, 0.3) is 5.91 Å². The van der Waals surface area contributed by atoms with Crippen LogP contribution in [0.1, 0.15) is 42.7 Å². The Morgan fingerprint density at radius 1 is 1.12 bits per heavy atom.